The number of anilines is 1. The molecule has 1 amide bonds. The Labute approximate surface area is 254 Å². The minimum atomic E-state index is -3.47. The summed E-state index contributed by atoms with van der Waals surface area (Å²) in [5, 5.41) is 17.5. The molecule has 1 aliphatic rings. The maximum Gasteiger partial charge on any atom is 0.251 e. The second-order valence-corrected chi connectivity index (χ2v) is 12.8. The summed E-state index contributed by atoms with van der Waals surface area (Å²) in [4.78, 5) is 13.7. The van der Waals surface area contributed by atoms with Gasteiger partial charge in [-0.2, -0.15) is 0 Å². The van der Waals surface area contributed by atoms with Crippen LogP contribution in [0.15, 0.2) is 66.7 Å². The van der Waals surface area contributed by atoms with E-state index in [9.17, 15) is 18.3 Å². The standard InChI is InChI=1S/C32H41N3O7S/c1-22(2)42-29-17-25(16-26(18-29)35-11-8-12-43(35,38)39)32(37)34-30(15-23-9-6-5-7-10-23)31(36)21-33-20-24-13-27(40-3)19-28(14-24)41-4/h5-7,9-10,13-14,16-19,22,30-31,33,36H,8,11-12,15,20-21H2,1-4H3,(H,34,37)/t30-,31+/m0/s1. The molecular formula is C32H41N3O7S. The highest BCUT2D eigenvalue weighted by atomic mass is 32.2. The fraction of sp³-hybridized carbons (Fsp3) is 0.406. The van der Waals surface area contributed by atoms with Gasteiger partial charge in [-0.05, 0) is 62.1 Å². The van der Waals surface area contributed by atoms with Crippen molar-refractivity contribution in [3.05, 3.63) is 83.4 Å². The van der Waals surface area contributed by atoms with Crippen LogP contribution in [0.25, 0.3) is 0 Å². The fourth-order valence-corrected chi connectivity index (χ4v) is 6.55. The van der Waals surface area contributed by atoms with E-state index < -0.39 is 28.1 Å². The van der Waals surface area contributed by atoms with Gasteiger partial charge >= 0.3 is 0 Å². The van der Waals surface area contributed by atoms with Crippen LogP contribution in [0.4, 0.5) is 5.69 Å². The van der Waals surface area contributed by atoms with Gasteiger partial charge in [0.05, 0.1) is 43.9 Å². The molecule has 1 aliphatic heterocycles. The van der Waals surface area contributed by atoms with E-state index in [1.165, 1.54) is 4.31 Å². The van der Waals surface area contributed by atoms with E-state index in [1.807, 2.05) is 56.3 Å². The van der Waals surface area contributed by atoms with Crippen molar-refractivity contribution in [3.63, 3.8) is 0 Å². The van der Waals surface area contributed by atoms with Crippen molar-refractivity contribution in [2.75, 3.05) is 37.4 Å². The third kappa shape index (κ3) is 8.85. The average molecular weight is 612 g/mol. The van der Waals surface area contributed by atoms with Gasteiger partial charge in [0.15, 0.2) is 0 Å². The van der Waals surface area contributed by atoms with Crippen molar-refractivity contribution in [2.45, 2.75) is 51.5 Å². The lowest BCUT2D eigenvalue weighted by molar-refractivity contribution is 0.0829. The van der Waals surface area contributed by atoms with E-state index in [0.717, 1.165) is 11.1 Å². The summed E-state index contributed by atoms with van der Waals surface area (Å²) < 4.78 is 43.2. The number of nitrogens with zero attached hydrogens (tertiary/aromatic N) is 1. The first-order valence-corrected chi connectivity index (χ1v) is 16.0. The van der Waals surface area contributed by atoms with Crippen LogP contribution in [-0.2, 0) is 23.0 Å². The van der Waals surface area contributed by atoms with Gasteiger partial charge in [0.1, 0.15) is 17.2 Å². The number of benzene rings is 3. The van der Waals surface area contributed by atoms with Crippen molar-refractivity contribution in [1.82, 2.24) is 10.6 Å². The minimum absolute atomic E-state index is 0.0602. The summed E-state index contributed by atoms with van der Waals surface area (Å²) in [6.07, 6.45) is -0.215. The number of carbonyl (C=O) groups is 1. The van der Waals surface area contributed by atoms with E-state index in [0.29, 0.717) is 48.9 Å². The summed E-state index contributed by atoms with van der Waals surface area (Å²) in [6, 6.07) is 19.3. The molecule has 0 aromatic heterocycles. The van der Waals surface area contributed by atoms with Crippen LogP contribution in [0, 0.1) is 0 Å². The Kier molecular flexibility index (Phi) is 10.9. The van der Waals surface area contributed by atoms with Crippen LogP contribution in [0.1, 0.15) is 41.8 Å². The van der Waals surface area contributed by atoms with Crippen molar-refractivity contribution in [1.29, 1.82) is 0 Å². The van der Waals surface area contributed by atoms with Gasteiger partial charge in [-0.25, -0.2) is 8.42 Å². The van der Waals surface area contributed by atoms with Crippen molar-refractivity contribution in [2.24, 2.45) is 0 Å². The van der Waals surface area contributed by atoms with E-state index >= 15 is 0 Å². The molecule has 0 saturated carbocycles. The van der Waals surface area contributed by atoms with Gasteiger partial charge in [-0.15, -0.1) is 0 Å². The van der Waals surface area contributed by atoms with Gasteiger partial charge in [0.25, 0.3) is 5.91 Å². The lowest BCUT2D eigenvalue weighted by Crippen LogP contribution is -2.48. The quantitative estimate of drug-likeness (QED) is 0.253. The predicted octanol–water partition coefficient (Wildman–Crippen LogP) is 3.52. The maximum atomic E-state index is 13.7. The summed E-state index contributed by atoms with van der Waals surface area (Å²) in [5.74, 6) is 1.34. The van der Waals surface area contributed by atoms with E-state index in [1.54, 1.807) is 38.5 Å². The van der Waals surface area contributed by atoms with Gasteiger partial charge in [-0.3, -0.25) is 9.10 Å². The molecule has 0 bridgehead atoms. The molecule has 4 rings (SSSR count). The predicted molar refractivity (Wildman–Crippen MR) is 167 cm³/mol. The molecule has 0 spiro atoms. The molecule has 0 aliphatic carbocycles. The van der Waals surface area contributed by atoms with Crippen LogP contribution in [0.2, 0.25) is 0 Å². The molecule has 43 heavy (non-hydrogen) atoms. The Balaban J connectivity index is 1.53. The summed E-state index contributed by atoms with van der Waals surface area (Å²) in [7, 11) is -0.290. The molecular weight excluding hydrogens is 570 g/mol. The Morgan fingerprint density at radius 3 is 2.26 bits per heavy atom. The number of ether oxygens (including phenoxy) is 3. The number of sulfonamides is 1. The molecule has 0 unspecified atom stereocenters. The molecule has 11 heteroatoms. The van der Waals surface area contributed by atoms with Crippen molar-refractivity contribution >= 4 is 21.6 Å². The van der Waals surface area contributed by atoms with E-state index in [-0.39, 0.29) is 24.0 Å². The third-order valence-corrected chi connectivity index (χ3v) is 8.96. The molecule has 3 N–H and O–H groups in total. The first-order chi connectivity index (χ1) is 20.6. The van der Waals surface area contributed by atoms with Crippen LogP contribution in [0.5, 0.6) is 17.2 Å². The summed E-state index contributed by atoms with van der Waals surface area (Å²) in [6.45, 7) is 4.71. The highest BCUT2D eigenvalue weighted by Crippen LogP contribution is 2.30. The molecule has 10 nitrogen and oxygen atoms in total. The number of rotatable bonds is 14. The molecule has 1 fully saturated rings. The molecule has 1 saturated heterocycles. The van der Waals surface area contributed by atoms with E-state index in [4.69, 9.17) is 14.2 Å². The van der Waals surface area contributed by atoms with Crippen LogP contribution in [0.3, 0.4) is 0 Å². The number of carbonyl (C=O) groups excluding carboxylic acids is 1. The zero-order valence-electron chi connectivity index (χ0n) is 25.1. The van der Waals surface area contributed by atoms with Crippen LogP contribution in [-0.4, -0.2) is 70.7 Å². The van der Waals surface area contributed by atoms with Gasteiger partial charge in [0.2, 0.25) is 10.0 Å². The zero-order valence-corrected chi connectivity index (χ0v) is 25.9. The third-order valence-electron chi connectivity index (χ3n) is 7.09. The Morgan fingerprint density at radius 2 is 1.65 bits per heavy atom. The van der Waals surface area contributed by atoms with Gasteiger partial charge in [0, 0.05) is 37.3 Å². The second-order valence-electron chi connectivity index (χ2n) is 10.8. The smallest absolute Gasteiger partial charge is 0.251 e. The Morgan fingerprint density at radius 1 is 0.953 bits per heavy atom. The topological polar surface area (TPSA) is 126 Å². The first kappa shape index (κ1) is 32.1. The number of methoxy groups -OCH3 is 2. The van der Waals surface area contributed by atoms with Crippen LogP contribution >= 0.6 is 0 Å². The maximum absolute atomic E-state index is 13.7. The monoisotopic (exact) mass is 611 g/mol. The fourth-order valence-electron chi connectivity index (χ4n) is 5.01. The zero-order chi connectivity index (χ0) is 31.0. The molecule has 0 radical (unpaired) electrons. The highest BCUT2D eigenvalue weighted by Gasteiger charge is 2.30. The van der Waals surface area contributed by atoms with Crippen molar-refractivity contribution in [3.8, 4) is 17.2 Å². The molecule has 3 aromatic carbocycles. The van der Waals surface area contributed by atoms with Crippen molar-refractivity contribution < 1.29 is 32.5 Å². The molecule has 3 aromatic rings. The average Bonchev–Trinajstić information content (AvgIpc) is 3.35. The van der Waals surface area contributed by atoms with Gasteiger partial charge < -0.3 is 30.0 Å². The number of aliphatic hydroxyl groups is 1. The lowest BCUT2D eigenvalue weighted by Gasteiger charge is -2.26. The summed E-state index contributed by atoms with van der Waals surface area (Å²) in [5.41, 5.74) is 2.50. The molecule has 232 valence electrons. The highest BCUT2D eigenvalue weighted by molar-refractivity contribution is 7.93. The number of hydrogen-bond acceptors (Lipinski definition) is 8. The first-order valence-electron chi connectivity index (χ1n) is 14.4. The Hall–Kier alpha value is -3.80. The largest absolute Gasteiger partial charge is 0.497 e. The number of hydrogen-bond donors (Lipinski definition) is 3. The lowest BCUT2D eigenvalue weighted by atomic mass is 10.00. The van der Waals surface area contributed by atoms with E-state index in [2.05, 4.69) is 10.6 Å². The molecule has 1 heterocycles. The molecule has 2 atom stereocenters. The Bertz CT molecular complexity index is 1460. The second kappa shape index (κ2) is 14.6. The van der Waals surface area contributed by atoms with Gasteiger partial charge in [-0.1, -0.05) is 30.3 Å². The number of nitrogens with one attached hydrogen (secondary N) is 2. The SMILES string of the molecule is COc1cc(CNC[C@@H](O)[C@H](Cc2ccccc2)NC(=O)c2cc(OC(C)C)cc(N3CCCS3(=O)=O)c2)cc(OC)c1. The van der Waals surface area contributed by atoms with Crippen LogP contribution < -0.4 is 29.1 Å². The summed E-state index contributed by atoms with van der Waals surface area (Å²) >= 11 is 0. The number of aliphatic hydroxyl groups excluding tert-OH is 1. The normalized spacial score (nSPS) is 15.6. The minimum Gasteiger partial charge on any atom is -0.497 e. The number of amides is 1.